The van der Waals surface area contributed by atoms with Crippen LogP contribution in [0.4, 0.5) is 4.79 Å². The van der Waals surface area contributed by atoms with E-state index in [1.165, 1.54) is 11.1 Å². The number of aryl methyl sites for hydroxylation is 2. The molecular formula is C19H29N3O2. The van der Waals surface area contributed by atoms with Gasteiger partial charge in [0.05, 0.1) is 5.92 Å². The van der Waals surface area contributed by atoms with Gasteiger partial charge in [0.2, 0.25) is 5.91 Å². The highest BCUT2D eigenvalue weighted by atomic mass is 16.2. The van der Waals surface area contributed by atoms with Crippen molar-refractivity contribution in [3.63, 3.8) is 0 Å². The molecule has 1 fully saturated rings. The van der Waals surface area contributed by atoms with E-state index in [-0.39, 0.29) is 17.9 Å². The molecule has 1 N–H and O–H groups in total. The standard InChI is InChI=1S/C19H29N3O2/c1-15-7-4-8-16(13-15)9-5-11-20-18(23)17-10-6-12-22(14-17)19(24)21(2)3/h4,7-8,13,17H,5-6,9-12,14H2,1-3H3,(H,20,23). The van der Waals surface area contributed by atoms with Crippen molar-refractivity contribution in [1.29, 1.82) is 0 Å². The lowest BCUT2D eigenvalue weighted by Gasteiger charge is -2.33. The van der Waals surface area contributed by atoms with E-state index in [1.807, 2.05) is 0 Å². The Morgan fingerprint density at radius 3 is 2.83 bits per heavy atom. The molecule has 5 nitrogen and oxygen atoms in total. The maximum Gasteiger partial charge on any atom is 0.319 e. The molecule has 0 spiro atoms. The predicted octanol–water partition coefficient (Wildman–Crippen LogP) is 2.44. The number of carbonyl (C=O) groups is 2. The smallest absolute Gasteiger partial charge is 0.319 e. The summed E-state index contributed by atoms with van der Waals surface area (Å²) in [6.07, 6.45) is 3.65. The first-order valence-corrected chi connectivity index (χ1v) is 8.77. The summed E-state index contributed by atoms with van der Waals surface area (Å²) in [7, 11) is 3.49. The summed E-state index contributed by atoms with van der Waals surface area (Å²) in [5, 5.41) is 3.04. The van der Waals surface area contributed by atoms with Crippen molar-refractivity contribution in [2.45, 2.75) is 32.6 Å². The third-order valence-electron chi connectivity index (χ3n) is 4.47. The van der Waals surface area contributed by atoms with Crippen molar-refractivity contribution in [3.8, 4) is 0 Å². The average Bonchev–Trinajstić information content (AvgIpc) is 2.58. The van der Waals surface area contributed by atoms with Crippen molar-refractivity contribution >= 4 is 11.9 Å². The van der Waals surface area contributed by atoms with Crippen LogP contribution < -0.4 is 5.32 Å². The van der Waals surface area contributed by atoms with Crippen LogP contribution in [0.25, 0.3) is 0 Å². The van der Waals surface area contributed by atoms with Gasteiger partial charge in [-0.25, -0.2) is 4.79 Å². The van der Waals surface area contributed by atoms with Crippen LogP contribution in [0.2, 0.25) is 0 Å². The number of piperidine rings is 1. The fraction of sp³-hybridized carbons (Fsp3) is 0.579. The minimum atomic E-state index is -0.0818. The Balaban J connectivity index is 1.73. The Morgan fingerprint density at radius 1 is 1.33 bits per heavy atom. The maximum absolute atomic E-state index is 12.3. The highest BCUT2D eigenvalue weighted by Crippen LogP contribution is 2.17. The highest BCUT2D eigenvalue weighted by molar-refractivity contribution is 5.80. The van der Waals surface area contributed by atoms with Crippen LogP contribution in [0.1, 0.15) is 30.4 Å². The molecule has 2 rings (SSSR count). The van der Waals surface area contributed by atoms with Gasteiger partial charge in [0.1, 0.15) is 0 Å². The van der Waals surface area contributed by atoms with Gasteiger partial charge in [0.25, 0.3) is 0 Å². The zero-order valence-electron chi connectivity index (χ0n) is 15.0. The minimum Gasteiger partial charge on any atom is -0.356 e. The first-order chi connectivity index (χ1) is 11.5. The van der Waals surface area contributed by atoms with Gasteiger partial charge in [-0.05, 0) is 38.2 Å². The topological polar surface area (TPSA) is 52.7 Å². The van der Waals surface area contributed by atoms with Crippen molar-refractivity contribution in [2.24, 2.45) is 5.92 Å². The number of hydrogen-bond acceptors (Lipinski definition) is 2. The molecule has 1 unspecified atom stereocenters. The molecule has 1 aliphatic heterocycles. The fourth-order valence-electron chi connectivity index (χ4n) is 3.16. The Labute approximate surface area is 145 Å². The zero-order chi connectivity index (χ0) is 17.5. The number of carbonyl (C=O) groups excluding carboxylic acids is 2. The second-order valence-electron chi connectivity index (χ2n) is 6.85. The van der Waals surface area contributed by atoms with Crippen LogP contribution in [-0.2, 0) is 11.2 Å². The van der Waals surface area contributed by atoms with Crippen molar-refractivity contribution in [1.82, 2.24) is 15.1 Å². The molecule has 1 aromatic rings. The first-order valence-electron chi connectivity index (χ1n) is 8.77. The molecule has 1 atom stereocenters. The van der Waals surface area contributed by atoms with E-state index in [0.29, 0.717) is 13.1 Å². The van der Waals surface area contributed by atoms with Crippen LogP contribution in [0.15, 0.2) is 24.3 Å². The monoisotopic (exact) mass is 331 g/mol. The largest absolute Gasteiger partial charge is 0.356 e. The summed E-state index contributed by atoms with van der Waals surface area (Å²) in [6.45, 7) is 4.05. The summed E-state index contributed by atoms with van der Waals surface area (Å²) in [5.41, 5.74) is 2.58. The Hall–Kier alpha value is -2.04. The highest BCUT2D eigenvalue weighted by Gasteiger charge is 2.28. The van der Waals surface area contributed by atoms with Gasteiger partial charge in [0, 0.05) is 33.7 Å². The fourth-order valence-corrected chi connectivity index (χ4v) is 3.16. The number of nitrogens with zero attached hydrogens (tertiary/aromatic N) is 2. The third kappa shape index (κ3) is 5.25. The van der Waals surface area contributed by atoms with E-state index in [2.05, 4.69) is 36.5 Å². The van der Waals surface area contributed by atoms with Gasteiger partial charge in [-0.1, -0.05) is 29.8 Å². The summed E-state index contributed by atoms with van der Waals surface area (Å²) in [4.78, 5) is 27.7. The number of urea groups is 1. The number of amides is 3. The number of nitrogens with one attached hydrogen (secondary N) is 1. The van der Waals surface area contributed by atoms with E-state index in [0.717, 1.165) is 32.2 Å². The molecule has 0 saturated carbocycles. The molecule has 0 aromatic heterocycles. The molecule has 24 heavy (non-hydrogen) atoms. The van der Waals surface area contributed by atoms with Gasteiger partial charge in [-0.15, -0.1) is 0 Å². The molecular weight excluding hydrogens is 302 g/mol. The molecule has 0 aliphatic carbocycles. The third-order valence-corrected chi connectivity index (χ3v) is 4.47. The average molecular weight is 331 g/mol. The summed E-state index contributed by atoms with van der Waals surface area (Å²) >= 11 is 0. The normalized spacial score (nSPS) is 17.5. The summed E-state index contributed by atoms with van der Waals surface area (Å²) < 4.78 is 0. The number of hydrogen-bond donors (Lipinski definition) is 1. The lowest BCUT2D eigenvalue weighted by Crippen LogP contribution is -2.48. The van der Waals surface area contributed by atoms with Crippen molar-refractivity contribution in [3.05, 3.63) is 35.4 Å². The van der Waals surface area contributed by atoms with Gasteiger partial charge in [-0.3, -0.25) is 4.79 Å². The van der Waals surface area contributed by atoms with Crippen LogP contribution in [0.3, 0.4) is 0 Å². The van der Waals surface area contributed by atoms with Gasteiger partial charge < -0.3 is 15.1 Å². The lowest BCUT2D eigenvalue weighted by atomic mass is 9.97. The number of rotatable bonds is 5. The van der Waals surface area contributed by atoms with Gasteiger partial charge in [-0.2, -0.15) is 0 Å². The number of likely N-dealkylation sites (tertiary alicyclic amines) is 1. The van der Waals surface area contributed by atoms with E-state index in [1.54, 1.807) is 23.9 Å². The molecule has 1 aliphatic rings. The molecule has 3 amide bonds. The van der Waals surface area contributed by atoms with Crippen LogP contribution in [-0.4, -0.2) is 55.5 Å². The van der Waals surface area contributed by atoms with Gasteiger partial charge in [0.15, 0.2) is 0 Å². The molecule has 1 heterocycles. The second kappa shape index (κ2) is 8.71. The predicted molar refractivity (Wildman–Crippen MR) is 95.9 cm³/mol. The Bertz CT molecular complexity index is 571. The van der Waals surface area contributed by atoms with E-state index < -0.39 is 0 Å². The molecule has 1 saturated heterocycles. The molecule has 0 radical (unpaired) electrons. The van der Waals surface area contributed by atoms with Crippen LogP contribution in [0.5, 0.6) is 0 Å². The quantitative estimate of drug-likeness (QED) is 0.843. The first kappa shape index (κ1) is 18.3. The molecule has 5 heteroatoms. The van der Waals surface area contributed by atoms with Crippen LogP contribution in [0, 0.1) is 12.8 Å². The minimum absolute atomic E-state index is 0.00746. The maximum atomic E-state index is 12.3. The van der Waals surface area contributed by atoms with Crippen LogP contribution >= 0.6 is 0 Å². The molecule has 1 aromatic carbocycles. The SMILES string of the molecule is Cc1cccc(CCCNC(=O)C2CCCN(C(=O)N(C)C)C2)c1. The van der Waals surface area contributed by atoms with Crippen molar-refractivity contribution < 1.29 is 9.59 Å². The van der Waals surface area contributed by atoms with Crippen molar-refractivity contribution in [2.75, 3.05) is 33.7 Å². The summed E-state index contributed by atoms with van der Waals surface area (Å²) in [6, 6.07) is 8.47. The molecule has 132 valence electrons. The summed E-state index contributed by atoms with van der Waals surface area (Å²) in [5.74, 6) is -0.00267. The van der Waals surface area contributed by atoms with E-state index >= 15 is 0 Å². The zero-order valence-corrected chi connectivity index (χ0v) is 15.0. The Kier molecular flexibility index (Phi) is 6.64. The van der Waals surface area contributed by atoms with Gasteiger partial charge >= 0.3 is 6.03 Å². The number of benzene rings is 1. The lowest BCUT2D eigenvalue weighted by molar-refractivity contribution is -0.126. The molecule has 0 bridgehead atoms. The Morgan fingerprint density at radius 2 is 2.12 bits per heavy atom. The van der Waals surface area contributed by atoms with E-state index in [4.69, 9.17) is 0 Å². The second-order valence-corrected chi connectivity index (χ2v) is 6.85. The van der Waals surface area contributed by atoms with E-state index in [9.17, 15) is 9.59 Å².